The third kappa shape index (κ3) is 3.12. The van der Waals surface area contributed by atoms with Crippen molar-refractivity contribution in [3.8, 4) is 11.5 Å². The van der Waals surface area contributed by atoms with E-state index >= 15 is 0 Å². The van der Waals surface area contributed by atoms with Gasteiger partial charge >= 0.3 is 5.97 Å². The Hall–Kier alpha value is -3.16. The summed E-state index contributed by atoms with van der Waals surface area (Å²) in [6.45, 7) is 1.94. The lowest BCUT2D eigenvalue weighted by atomic mass is 9.73. The number of carbonyl (C=O) groups is 1. The zero-order valence-corrected chi connectivity index (χ0v) is 16.8. The Morgan fingerprint density at radius 1 is 1.29 bits per heavy atom. The highest BCUT2D eigenvalue weighted by molar-refractivity contribution is 5.87. The molecule has 0 spiro atoms. The number of rotatable bonds is 3. The molecule has 6 rings (SSSR count). The monoisotopic (exact) mass is 418 g/mol. The standard InChI is InChI=1S/C24H22N2O5/c27-18-8-15-5-7-26-12-16-9-19-20(30-13-29-19)10-17(16)22(23(15)26)24(18)31-21(28)4-3-14-2-1-6-25-11-14/h1-4,6,8-11,18,22-24,27H,5,7,12-13H2/b4-3+/t18?,22?,23?,24-/m1/s1. The maximum atomic E-state index is 12.7. The van der Waals surface area contributed by atoms with Crippen LogP contribution in [0.5, 0.6) is 11.5 Å². The van der Waals surface area contributed by atoms with E-state index in [0.29, 0.717) is 5.75 Å². The van der Waals surface area contributed by atoms with Crippen LogP contribution in [0.2, 0.25) is 0 Å². The van der Waals surface area contributed by atoms with Crippen molar-refractivity contribution in [2.45, 2.75) is 37.1 Å². The largest absolute Gasteiger partial charge is 0.455 e. The number of esters is 1. The molecule has 1 aromatic heterocycles. The van der Waals surface area contributed by atoms with Crippen LogP contribution in [-0.2, 0) is 16.1 Å². The summed E-state index contributed by atoms with van der Waals surface area (Å²) in [7, 11) is 0. The predicted molar refractivity (Wildman–Crippen MR) is 111 cm³/mol. The van der Waals surface area contributed by atoms with Gasteiger partial charge in [-0.05, 0) is 47.4 Å². The summed E-state index contributed by atoms with van der Waals surface area (Å²) in [5.74, 6) is 0.808. The smallest absolute Gasteiger partial charge is 0.331 e. The van der Waals surface area contributed by atoms with Gasteiger partial charge in [0.2, 0.25) is 6.79 Å². The fourth-order valence-electron chi connectivity index (χ4n) is 5.29. The summed E-state index contributed by atoms with van der Waals surface area (Å²) >= 11 is 0. The average molecular weight is 418 g/mol. The summed E-state index contributed by atoms with van der Waals surface area (Å²) < 4.78 is 17.0. The maximum absolute atomic E-state index is 12.7. The fraction of sp³-hybridized carbons (Fsp3) is 0.333. The number of aliphatic hydroxyl groups excluding tert-OH is 1. The molecule has 1 aliphatic carbocycles. The number of pyridine rings is 1. The van der Waals surface area contributed by atoms with Crippen molar-refractivity contribution in [2.24, 2.45) is 0 Å². The van der Waals surface area contributed by atoms with Crippen molar-refractivity contribution in [2.75, 3.05) is 13.3 Å². The second kappa shape index (κ2) is 7.21. The van der Waals surface area contributed by atoms with E-state index in [9.17, 15) is 9.90 Å². The lowest BCUT2D eigenvalue weighted by Crippen LogP contribution is -2.51. The SMILES string of the molecule is O=C(/C=C/c1cccnc1)O[C@@H]1C(O)C=C2CCN3Cc4cc5c(cc4C1C23)OCO5. The van der Waals surface area contributed by atoms with E-state index in [2.05, 4.69) is 9.88 Å². The van der Waals surface area contributed by atoms with Crippen LogP contribution in [0.1, 0.15) is 29.0 Å². The molecule has 2 aromatic rings. The van der Waals surface area contributed by atoms with E-state index in [1.54, 1.807) is 24.5 Å². The molecule has 158 valence electrons. The molecule has 4 aliphatic rings. The van der Waals surface area contributed by atoms with Crippen LogP contribution in [-0.4, -0.2) is 52.5 Å². The Morgan fingerprint density at radius 2 is 2.16 bits per heavy atom. The molecule has 0 radical (unpaired) electrons. The lowest BCUT2D eigenvalue weighted by Gasteiger charge is -2.45. The molecule has 7 heteroatoms. The molecule has 7 nitrogen and oxygen atoms in total. The van der Waals surface area contributed by atoms with Crippen molar-refractivity contribution in [3.05, 3.63) is 71.1 Å². The molecule has 0 bridgehead atoms. The molecule has 0 amide bonds. The second-order valence-electron chi connectivity index (χ2n) is 8.35. The van der Waals surface area contributed by atoms with E-state index in [0.717, 1.165) is 42.0 Å². The number of aliphatic hydroxyl groups is 1. The summed E-state index contributed by atoms with van der Waals surface area (Å²) in [6.07, 6.45) is 7.66. The molecular weight excluding hydrogens is 396 g/mol. The number of ether oxygens (including phenoxy) is 3. The summed E-state index contributed by atoms with van der Waals surface area (Å²) in [5.41, 5.74) is 4.22. The first-order valence-electron chi connectivity index (χ1n) is 10.5. The fourth-order valence-corrected chi connectivity index (χ4v) is 5.29. The first-order chi connectivity index (χ1) is 15.2. The Labute approximate surface area is 179 Å². The van der Waals surface area contributed by atoms with Gasteiger partial charge < -0.3 is 19.3 Å². The van der Waals surface area contributed by atoms with E-state index in [-0.39, 0.29) is 18.8 Å². The van der Waals surface area contributed by atoms with Crippen molar-refractivity contribution < 1.29 is 24.1 Å². The van der Waals surface area contributed by atoms with Crippen molar-refractivity contribution in [1.82, 2.24) is 9.88 Å². The first-order valence-corrected chi connectivity index (χ1v) is 10.5. The zero-order chi connectivity index (χ0) is 20.9. The molecule has 3 aliphatic heterocycles. The van der Waals surface area contributed by atoms with Crippen LogP contribution in [0.3, 0.4) is 0 Å². The van der Waals surface area contributed by atoms with E-state index in [1.165, 1.54) is 11.6 Å². The number of benzene rings is 1. The van der Waals surface area contributed by atoms with Crippen LogP contribution < -0.4 is 9.47 Å². The van der Waals surface area contributed by atoms with Gasteiger partial charge in [0, 0.05) is 43.5 Å². The van der Waals surface area contributed by atoms with Crippen molar-refractivity contribution >= 4 is 12.0 Å². The van der Waals surface area contributed by atoms with Gasteiger partial charge in [0.25, 0.3) is 0 Å². The van der Waals surface area contributed by atoms with Gasteiger partial charge in [0.1, 0.15) is 12.2 Å². The molecule has 1 fully saturated rings. The molecule has 1 aromatic carbocycles. The minimum Gasteiger partial charge on any atom is -0.455 e. The molecule has 1 saturated heterocycles. The highest BCUT2D eigenvalue weighted by Gasteiger charge is 2.50. The Balaban J connectivity index is 1.34. The van der Waals surface area contributed by atoms with Crippen LogP contribution in [0.25, 0.3) is 6.08 Å². The molecule has 0 saturated carbocycles. The Kier molecular flexibility index (Phi) is 4.33. The van der Waals surface area contributed by atoms with Gasteiger partial charge in [-0.1, -0.05) is 17.7 Å². The second-order valence-corrected chi connectivity index (χ2v) is 8.35. The summed E-state index contributed by atoms with van der Waals surface area (Å²) in [4.78, 5) is 19.1. The minimum atomic E-state index is -0.858. The van der Waals surface area contributed by atoms with Gasteiger partial charge in [-0.15, -0.1) is 0 Å². The summed E-state index contributed by atoms with van der Waals surface area (Å²) in [6, 6.07) is 7.81. The normalized spacial score (nSPS) is 28.2. The number of fused-ring (bicyclic) bond motifs is 3. The first kappa shape index (κ1) is 18.6. The Morgan fingerprint density at radius 3 is 3.00 bits per heavy atom. The lowest BCUT2D eigenvalue weighted by molar-refractivity contribution is -0.150. The number of hydrogen-bond acceptors (Lipinski definition) is 7. The van der Waals surface area contributed by atoms with E-state index < -0.39 is 18.2 Å². The van der Waals surface area contributed by atoms with Crippen molar-refractivity contribution in [3.63, 3.8) is 0 Å². The molecule has 4 heterocycles. The van der Waals surface area contributed by atoms with E-state index in [4.69, 9.17) is 14.2 Å². The summed E-state index contributed by atoms with van der Waals surface area (Å²) in [5, 5.41) is 10.9. The molecule has 1 N–H and O–H groups in total. The van der Waals surface area contributed by atoms with Crippen LogP contribution in [0, 0.1) is 0 Å². The number of carbonyl (C=O) groups excluding carboxylic acids is 1. The number of nitrogens with zero attached hydrogens (tertiary/aromatic N) is 2. The van der Waals surface area contributed by atoms with Crippen LogP contribution in [0.15, 0.2) is 54.4 Å². The van der Waals surface area contributed by atoms with Gasteiger partial charge in [0.05, 0.1) is 0 Å². The molecule has 3 unspecified atom stereocenters. The predicted octanol–water partition coefficient (Wildman–Crippen LogP) is 2.41. The van der Waals surface area contributed by atoms with E-state index in [1.807, 2.05) is 24.3 Å². The minimum absolute atomic E-state index is 0.122. The van der Waals surface area contributed by atoms with Gasteiger partial charge in [-0.25, -0.2) is 4.79 Å². The molecular formula is C24H22N2O5. The maximum Gasteiger partial charge on any atom is 0.331 e. The van der Waals surface area contributed by atoms with Crippen LogP contribution >= 0.6 is 0 Å². The van der Waals surface area contributed by atoms with Crippen molar-refractivity contribution in [1.29, 1.82) is 0 Å². The third-order valence-electron chi connectivity index (χ3n) is 6.59. The third-order valence-corrected chi connectivity index (χ3v) is 6.59. The molecule has 31 heavy (non-hydrogen) atoms. The quantitative estimate of drug-likeness (QED) is 0.466. The van der Waals surface area contributed by atoms with Crippen LogP contribution in [0.4, 0.5) is 0 Å². The molecule has 4 atom stereocenters. The number of hydrogen-bond donors (Lipinski definition) is 1. The highest BCUT2D eigenvalue weighted by atomic mass is 16.7. The average Bonchev–Trinajstić information content (AvgIpc) is 3.40. The van der Waals surface area contributed by atoms with Gasteiger partial charge in [-0.2, -0.15) is 0 Å². The topological polar surface area (TPSA) is 81.1 Å². The highest BCUT2D eigenvalue weighted by Crippen LogP contribution is 2.50. The Bertz CT molecular complexity index is 1100. The zero-order valence-electron chi connectivity index (χ0n) is 16.8. The van der Waals surface area contributed by atoms with Gasteiger partial charge in [-0.3, -0.25) is 9.88 Å². The number of aromatic nitrogens is 1. The van der Waals surface area contributed by atoms with Gasteiger partial charge in [0.15, 0.2) is 11.5 Å².